The van der Waals surface area contributed by atoms with E-state index in [0.717, 1.165) is 19.3 Å². The number of carbonyl (C=O) groups excluding carboxylic acids is 2. The minimum Gasteiger partial charge on any atom is -0.358 e. The Labute approximate surface area is 84.4 Å². The monoisotopic (exact) mass is 201 g/mol. The van der Waals surface area contributed by atoms with Gasteiger partial charge in [-0.1, -0.05) is 6.42 Å². The van der Waals surface area contributed by atoms with Gasteiger partial charge in [0.2, 0.25) is 11.8 Å². The van der Waals surface area contributed by atoms with Crippen molar-refractivity contribution in [3.8, 4) is 0 Å². The summed E-state index contributed by atoms with van der Waals surface area (Å²) in [7, 11) is 1.54. The van der Waals surface area contributed by atoms with Crippen LogP contribution in [0.25, 0.3) is 0 Å². The largest absolute Gasteiger partial charge is 0.358 e. The van der Waals surface area contributed by atoms with Gasteiger partial charge in [-0.15, -0.1) is 0 Å². The smallest absolute Gasteiger partial charge is 0.239 e. The van der Waals surface area contributed by atoms with Crippen LogP contribution in [-0.4, -0.2) is 32.0 Å². The first kappa shape index (κ1) is 12.9. The van der Waals surface area contributed by atoms with Crippen molar-refractivity contribution in [2.75, 3.05) is 20.1 Å². The van der Waals surface area contributed by atoms with E-state index in [4.69, 9.17) is 5.73 Å². The maximum Gasteiger partial charge on any atom is 0.239 e. The van der Waals surface area contributed by atoms with Crippen molar-refractivity contribution in [2.24, 2.45) is 5.73 Å². The van der Waals surface area contributed by atoms with Crippen LogP contribution in [0.3, 0.4) is 0 Å². The molecular formula is C9H19N3O2. The van der Waals surface area contributed by atoms with E-state index < -0.39 is 0 Å². The highest BCUT2D eigenvalue weighted by molar-refractivity contribution is 5.84. The Morgan fingerprint density at radius 3 is 2.43 bits per heavy atom. The molecule has 0 fully saturated rings. The van der Waals surface area contributed by atoms with Crippen LogP contribution in [0.2, 0.25) is 0 Å². The van der Waals surface area contributed by atoms with Crippen LogP contribution in [0.15, 0.2) is 0 Å². The highest BCUT2D eigenvalue weighted by Gasteiger charge is 2.02. The van der Waals surface area contributed by atoms with Crippen molar-refractivity contribution in [3.63, 3.8) is 0 Å². The molecule has 0 rings (SSSR count). The maximum atomic E-state index is 11.1. The molecule has 0 aromatic rings. The van der Waals surface area contributed by atoms with Gasteiger partial charge in [-0.05, 0) is 19.4 Å². The summed E-state index contributed by atoms with van der Waals surface area (Å²) in [5.74, 6) is -0.258. The maximum absolute atomic E-state index is 11.1. The third-order valence-corrected chi connectivity index (χ3v) is 1.83. The molecule has 0 radical (unpaired) electrons. The van der Waals surface area contributed by atoms with Gasteiger partial charge in [0.05, 0.1) is 6.54 Å². The third kappa shape index (κ3) is 7.54. The molecule has 0 aliphatic rings. The highest BCUT2D eigenvalue weighted by atomic mass is 16.2. The zero-order valence-electron chi connectivity index (χ0n) is 8.64. The number of rotatable bonds is 7. The van der Waals surface area contributed by atoms with Gasteiger partial charge in [0.15, 0.2) is 0 Å². The Kier molecular flexibility index (Phi) is 7.83. The molecule has 0 atom stereocenters. The van der Waals surface area contributed by atoms with Gasteiger partial charge in [-0.25, -0.2) is 0 Å². The first-order valence-electron chi connectivity index (χ1n) is 4.88. The van der Waals surface area contributed by atoms with Crippen molar-refractivity contribution in [1.29, 1.82) is 0 Å². The summed E-state index contributed by atoms with van der Waals surface area (Å²) < 4.78 is 0. The number of nitrogens with two attached hydrogens (primary N) is 1. The van der Waals surface area contributed by atoms with Gasteiger partial charge in [0.25, 0.3) is 0 Å². The topological polar surface area (TPSA) is 84.2 Å². The lowest BCUT2D eigenvalue weighted by Gasteiger charge is -2.03. The molecule has 5 heteroatoms. The molecule has 2 amide bonds. The Hall–Kier alpha value is -1.10. The zero-order valence-corrected chi connectivity index (χ0v) is 8.64. The number of hydrogen-bond donors (Lipinski definition) is 3. The van der Waals surface area contributed by atoms with Crippen LogP contribution in [0.4, 0.5) is 0 Å². The number of carbonyl (C=O) groups is 2. The van der Waals surface area contributed by atoms with Gasteiger partial charge in [0.1, 0.15) is 0 Å². The van der Waals surface area contributed by atoms with Crippen molar-refractivity contribution in [2.45, 2.75) is 25.7 Å². The molecule has 14 heavy (non-hydrogen) atoms. The summed E-state index contributed by atoms with van der Waals surface area (Å²) in [4.78, 5) is 21.9. The van der Waals surface area contributed by atoms with E-state index in [0.29, 0.717) is 13.0 Å². The van der Waals surface area contributed by atoms with Crippen LogP contribution in [0.1, 0.15) is 25.7 Å². The fourth-order valence-electron chi connectivity index (χ4n) is 0.962. The van der Waals surface area contributed by atoms with Crippen LogP contribution in [0.5, 0.6) is 0 Å². The van der Waals surface area contributed by atoms with E-state index in [9.17, 15) is 9.59 Å². The molecule has 0 saturated carbocycles. The van der Waals surface area contributed by atoms with Crippen molar-refractivity contribution < 1.29 is 9.59 Å². The van der Waals surface area contributed by atoms with Crippen molar-refractivity contribution in [1.82, 2.24) is 10.6 Å². The van der Waals surface area contributed by atoms with Crippen molar-refractivity contribution in [3.05, 3.63) is 0 Å². The van der Waals surface area contributed by atoms with Crippen molar-refractivity contribution >= 4 is 11.8 Å². The molecular weight excluding hydrogens is 182 g/mol. The summed E-state index contributed by atoms with van der Waals surface area (Å²) in [5, 5.41) is 4.95. The predicted molar refractivity (Wildman–Crippen MR) is 54.6 cm³/mol. The Morgan fingerprint density at radius 2 is 1.86 bits per heavy atom. The number of amides is 2. The number of nitrogens with one attached hydrogen (secondary N) is 2. The second-order valence-corrected chi connectivity index (χ2v) is 3.05. The Bertz CT molecular complexity index is 183. The second kappa shape index (κ2) is 8.50. The molecule has 0 saturated heterocycles. The fraction of sp³-hybridized carbons (Fsp3) is 0.778. The van der Waals surface area contributed by atoms with Crippen LogP contribution < -0.4 is 16.4 Å². The van der Waals surface area contributed by atoms with Gasteiger partial charge in [-0.3, -0.25) is 9.59 Å². The minimum absolute atomic E-state index is 0.0617. The van der Waals surface area contributed by atoms with Gasteiger partial charge in [-0.2, -0.15) is 0 Å². The van der Waals surface area contributed by atoms with E-state index in [1.807, 2.05) is 0 Å². The van der Waals surface area contributed by atoms with E-state index in [2.05, 4.69) is 10.6 Å². The number of unbranched alkanes of at least 4 members (excludes halogenated alkanes) is 2. The standard InChI is InChI=1S/C9H19N3O2/c1-11-9(14)7-12-8(13)5-3-2-4-6-10/h2-7,10H2,1H3,(H,11,14)(H,12,13). The molecule has 0 spiro atoms. The highest BCUT2D eigenvalue weighted by Crippen LogP contribution is 1.97. The van der Waals surface area contributed by atoms with Gasteiger partial charge < -0.3 is 16.4 Å². The lowest BCUT2D eigenvalue weighted by atomic mass is 10.2. The van der Waals surface area contributed by atoms with Gasteiger partial charge >= 0.3 is 0 Å². The average molecular weight is 201 g/mol. The first-order chi connectivity index (χ1) is 6.70. The molecule has 0 unspecified atom stereocenters. The van der Waals surface area contributed by atoms with Crippen LogP contribution in [0, 0.1) is 0 Å². The molecule has 4 N–H and O–H groups in total. The predicted octanol–water partition coefficient (Wildman–Crippen LogP) is -0.632. The molecule has 0 aliphatic carbocycles. The zero-order chi connectivity index (χ0) is 10.8. The molecule has 0 heterocycles. The summed E-state index contributed by atoms with van der Waals surface area (Å²) in [5.41, 5.74) is 5.31. The van der Waals surface area contributed by atoms with E-state index in [1.165, 1.54) is 7.05 Å². The van der Waals surface area contributed by atoms with Crippen LogP contribution in [-0.2, 0) is 9.59 Å². The molecule has 82 valence electrons. The molecule has 0 aromatic carbocycles. The molecule has 0 aliphatic heterocycles. The lowest BCUT2D eigenvalue weighted by molar-refractivity contribution is -0.125. The normalized spacial score (nSPS) is 9.57. The molecule has 0 bridgehead atoms. The van der Waals surface area contributed by atoms with Crippen LogP contribution >= 0.6 is 0 Å². The third-order valence-electron chi connectivity index (χ3n) is 1.83. The molecule has 0 aromatic heterocycles. The first-order valence-corrected chi connectivity index (χ1v) is 4.88. The van der Waals surface area contributed by atoms with E-state index in [1.54, 1.807) is 0 Å². The van der Waals surface area contributed by atoms with E-state index in [-0.39, 0.29) is 18.4 Å². The molecule has 5 nitrogen and oxygen atoms in total. The van der Waals surface area contributed by atoms with E-state index >= 15 is 0 Å². The number of likely N-dealkylation sites (N-methyl/N-ethyl adjacent to an activating group) is 1. The summed E-state index contributed by atoms with van der Waals surface area (Å²) in [6, 6.07) is 0. The lowest BCUT2D eigenvalue weighted by Crippen LogP contribution is -2.34. The SMILES string of the molecule is CNC(=O)CNC(=O)CCCCCN. The Balaban J connectivity index is 3.32. The summed E-state index contributed by atoms with van der Waals surface area (Å²) in [6.07, 6.45) is 3.21. The van der Waals surface area contributed by atoms with Gasteiger partial charge in [0, 0.05) is 13.5 Å². The number of hydrogen-bond acceptors (Lipinski definition) is 3. The summed E-state index contributed by atoms with van der Waals surface area (Å²) >= 11 is 0. The summed E-state index contributed by atoms with van der Waals surface area (Å²) in [6.45, 7) is 0.728. The average Bonchev–Trinajstić information content (AvgIpc) is 2.21. The fourth-order valence-corrected chi connectivity index (χ4v) is 0.962. The second-order valence-electron chi connectivity index (χ2n) is 3.05. The quantitative estimate of drug-likeness (QED) is 0.479. The minimum atomic E-state index is -0.180. The Morgan fingerprint density at radius 1 is 1.14 bits per heavy atom.